The first kappa shape index (κ1) is 14.8. The molecule has 0 unspecified atom stereocenters. The molecule has 0 atom stereocenters. The van der Waals surface area contributed by atoms with Gasteiger partial charge >= 0.3 is 5.97 Å². The van der Waals surface area contributed by atoms with Crippen LogP contribution in [-0.2, 0) is 4.79 Å². The molecule has 0 spiro atoms. The van der Waals surface area contributed by atoms with E-state index in [1.165, 1.54) is 6.08 Å². The van der Waals surface area contributed by atoms with Gasteiger partial charge in [0.1, 0.15) is 11.5 Å². The van der Waals surface area contributed by atoms with E-state index in [9.17, 15) is 4.79 Å². The molecule has 0 saturated carbocycles. The van der Waals surface area contributed by atoms with Crippen molar-refractivity contribution in [2.45, 2.75) is 0 Å². The van der Waals surface area contributed by atoms with E-state index in [2.05, 4.69) is 31.9 Å². The normalized spacial score (nSPS) is 10.7. The first-order chi connectivity index (χ1) is 9.54. The van der Waals surface area contributed by atoms with E-state index < -0.39 is 5.97 Å². The van der Waals surface area contributed by atoms with Gasteiger partial charge in [-0.25, -0.2) is 4.79 Å². The number of hydrogen-bond acceptors (Lipinski definition) is 2. The topological polar surface area (TPSA) is 46.5 Å². The van der Waals surface area contributed by atoms with Crippen molar-refractivity contribution in [3.05, 3.63) is 63.0 Å². The molecule has 0 radical (unpaired) electrons. The van der Waals surface area contributed by atoms with Crippen LogP contribution in [0.5, 0.6) is 11.5 Å². The molecular weight excluding hydrogens is 388 g/mol. The maximum absolute atomic E-state index is 10.5. The third-order valence-corrected chi connectivity index (χ3v) is 3.56. The summed E-state index contributed by atoms with van der Waals surface area (Å²) in [6.45, 7) is 0. The number of carbonyl (C=O) groups is 1. The highest BCUT2D eigenvalue weighted by Crippen LogP contribution is 2.31. The Bertz CT molecular complexity index is 649. The fourth-order valence-corrected chi connectivity index (χ4v) is 2.24. The lowest BCUT2D eigenvalue weighted by Gasteiger charge is -2.08. The van der Waals surface area contributed by atoms with Gasteiger partial charge in [-0.2, -0.15) is 0 Å². The number of halogens is 2. The van der Waals surface area contributed by atoms with Crippen molar-refractivity contribution < 1.29 is 14.6 Å². The number of carboxylic acid groups (broad SMARTS) is 1. The maximum atomic E-state index is 10.5. The van der Waals surface area contributed by atoms with E-state index in [1.54, 1.807) is 18.2 Å². The molecule has 2 aromatic rings. The summed E-state index contributed by atoms with van der Waals surface area (Å²) in [5.74, 6) is 0.416. The molecule has 0 amide bonds. The predicted molar refractivity (Wildman–Crippen MR) is 85.0 cm³/mol. The molecule has 0 aromatic heterocycles. The Labute approximate surface area is 133 Å². The number of ether oxygens (including phenoxy) is 1. The first-order valence-corrected chi connectivity index (χ1v) is 7.27. The van der Waals surface area contributed by atoms with Gasteiger partial charge in [0.05, 0.1) is 4.47 Å². The van der Waals surface area contributed by atoms with Crippen molar-refractivity contribution in [1.82, 2.24) is 0 Å². The van der Waals surface area contributed by atoms with Crippen LogP contribution < -0.4 is 4.74 Å². The van der Waals surface area contributed by atoms with Gasteiger partial charge in [0.15, 0.2) is 0 Å². The summed E-state index contributed by atoms with van der Waals surface area (Å²) < 4.78 is 7.48. The van der Waals surface area contributed by atoms with Gasteiger partial charge in [-0.3, -0.25) is 0 Å². The SMILES string of the molecule is O=C(O)/C=C/c1ccc(Oc2ccc(Br)cc2)c(Br)c1. The molecule has 2 rings (SSSR count). The lowest BCUT2D eigenvalue weighted by Crippen LogP contribution is -1.87. The highest BCUT2D eigenvalue weighted by atomic mass is 79.9. The molecule has 5 heteroatoms. The van der Waals surface area contributed by atoms with Crippen LogP contribution in [0.1, 0.15) is 5.56 Å². The van der Waals surface area contributed by atoms with Crippen molar-refractivity contribution in [3.63, 3.8) is 0 Å². The number of rotatable bonds is 4. The molecule has 20 heavy (non-hydrogen) atoms. The zero-order valence-corrected chi connectivity index (χ0v) is 13.4. The summed E-state index contributed by atoms with van der Waals surface area (Å²) in [6.07, 6.45) is 2.62. The summed E-state index contributed by atoms with van der Waals surface area (Å²) in [7, 11) is 0. The first-order valence-electron chi connectivity index (χ1n) is 5.68. The molecule has 0 heterocycles. The summed E-state index contributed by atoms with van der Waals surface area (Å²) >= 11 is 6.77. The van der Waals surface area contributed by atoms with Crippen molar-refractivity contribution in [2.24, 2.45) is 0 Å². The van der Waals surface area contributed by atoms with Crippen LogP contribution in [0, 0.1) is 0 Å². The van der Waals surface area contributed by atoms with Gasteiger partial charge in [0.25, 0.3) is 0 Å². The van der Waals surface area contributed by atoms with Gasteiger partial charge in [-0.1, -0.05) is 22.0 Å². The highest BCUT2D eigenvalue weighted by molar-refractivity contribution is 9.10. The third kappa shape index (κ3) is 4.21. The monoisotopic (exact) mass is 396 g/mol. The molecule has 0 aliphatic rings. The van der Waals surface area contributed by atoms with Crippen LogP contribution in [0.15, 0.2) is 57.5 Å². The van der Waals surface area contributed by atoms with Gasteiger partial charge in [-0.05, 0) is 64.0 Å². The summed E-state index contributed by atoms with van der Waals surface area (Å²) in [6, 6.07) is 12.9. The lowest BCUT2D eigenvalue weighted by molar-refractivity contribution is -0.131. The summed E-state index contributed by atoms with van der Waals surface area (Å²) in [4.78, 5) is 10.5. The summed E-state index contributed by atoms with van der Waals surface area (Å²) in [5, 5.41) is 8.59. The molecule has 2 aromatic carbocycles. The fraction of sp³-hybridized carbons (Fsp3) is 0. The van der Waals surface area contributed by atoms with E-state index in [0.717, 1.165) is 26.3 Å². The fourth-order valence-electron chi connectivity index (χ4n) is 1.50. The van der Waals surface area contributed by atoms with Crippen molar-refractivity contribution >= 4 is 43.9 Å². The van der Waals surface area contributed by atoms with Crippen LogP contribution in [0.4, 0.5) is 0 Å². The highest BCUT2D eigenvalue weighted by Gasteiger charge is 2.03. The zero-order valence-electron chi connectivity index (χ0n) is 10.2. The van der Waals surface area contributed by atoms with E-state index in [-0.39, 0.29) is 0 Å². The van der Waals surface area contributed by atoms with Crippen LogP contribution in [0.2, 0.25) is 0 Å². The smallest absolute Gasteiger partial charge is 0.328 e. The Morgan fingerprint density at radius 3 is 2.40 bits per heavy atom. The largest absolute Gasteiger partial charge is 0.478 e. The number of benzene rings is 2. The van der Waals surface area contributed by atoms with Crippen molar-refractivity contribution in [1.29, 1.82) is 0 Å². The second kappa shape index (κ2) is 6.72. The maximum Gasteiger partial charge on any atom is 0.328 e. The Kier molecular flexibility index (Phi) is 4.98. The average Bonchev–Trinajstić information content (AvgIpc) is 2.41. The van der Waals surface area contributed by atoms with Gasteiger partial charge < -0.3 is 9.84 Å². The number of aliphatic carboxylic acids is 1. The Morgan fingerprint density at radius 2 is 1.80 bits per heavy atom. The molecule has 102 valence electrons. The molecule has 3 nitrogen and oxygen atoms in total. The molecule has 0 aliphatic heterocycles. The van der Waals surface area contributed by atoms with Gasteiger partial charge in [0, 0.05) is 10.5 Å². The van der Waals surface area contributed by atoms with E-state index in [0.29, 0.717) is 5.75 Å². The van der Waals surface area contributed by atoms with E-state index >= 15 is 0 Å². The minimum atomic E-state index is -0.976. The van der Waals surface area contributed by atoms with Crippen LogP contribution in [0.25, 0.3) is 6.08 Å². The number of carboxylic acids is 1. The average molecular weight is 398 g/mol. The van der Waals surface area contributed by atoms with E-state index in [4.69, 9.17) is 9.84 Å². The minimum Gasteiger partial charge on any atom is -0.478 e. The second-order valence-corrected chi connectivity index (χ2v) is 5.69. The Morgan fingerprint density at radius 1 is 1.10 bits per heavy atom. The standard InChI is InChI=1S/C15H10Br2O3/c16-11-3-5-12(6-4-11)20-14-7-1-10(9-13(14)17)2-8-15(18)19/h1-9H,(H,18,19)/b8-2+. The predicted octanol–water partition coefficient (Wildman–Crippen LogP) is 5.10. The Balaban J connectivity index is 2.17. The lowest BCUT2D eigenvalue weighted by atomic mass is 10.2. The second-order valence-electron chi connectivity index (χ2n) is 3.92. The van der Waals surface area contributed by atoms with Crippen LogP contribution in [-0.4, -0.2) is 11.1 Å². The molecular formula is C15H10Br2O3. The van der Waals surface area contributed by atoms with Gasteiger partial charge in [0.2, 0.25) is 0 Å². The third-order valence-electron chi connectivity index (χ3n) is 2.42. The van der Waals surface area contributed by atoms with Crippen LogP contribution >= 0.6 is 31.9 Å². The molecule has 0 bridgehead atoms. The zero-order chi connectivity index (χ0) is 14.5. The molecule has 0 saturated heterocycles. The Hall–Kier alpha value is -1.59. The molecule has 0 aliphatic carbocycles. The quantitative estimate of drug-likeness (QED) is 0.730. The van der Waals surface area contributed by atoms with E-state index in [1.807, 2.05) is 24.3 Å². The summed E-state index contributed by atoms with van der Waals surface area (Å²) in [5.41, 5.74) is 0.780. The van der Waals surface area contributed by atoms with Crippen molar-refractivity contribution in [2.75, 3.05) is 0 Å². The van der Waals surface area contributed by atoms with Gasteiger partial charge in [-0.15, -0.1) is 0 Å². The van der Waals surface area contributed by atoms with Crippen molar-refractivity contribution in [3.8, 4) is 11.5 Å². The minimum absolute atomic E-state index is 0.666. The molecule has 1 N–H and O–H groups in total. The number of hydrogen-bond donors (Lipinski definition) is 1. The molecule has 0 fully saturated rings. The van der Waals surface area contributed by atoms with Crippen LogP contribution in [0.3, 0.4) is 0 Å².